The predicted octanol–water partition coefficient (Wildman–Crippen LogP) is 3.32. The van der Waals surface area contributed by atoms with Crippen LogP contribution in [-0.2, 0) is 4.79 Å². The number of hydrogen-bond donors (Lipinski definition) is 0. The van der Waals surface area contributed by atoms with Crippen LogP contribution >= 0.6 is 0 Å². The summed E-state index contributed by atoms with van der Waals surface area (Å²) in [6, 6.07) is 8.56. The van der Waals surface area contributed by atoms with Crippen LogP contribution in [0.4, 0.5) is 10.5 Å². The molecular formula is C15H19N5O2. The van der Waals surface area contributed by atoms with Gasteiger partial charge in [0.2, 0.25) is 5.91 Å². The zero-order valence-corrected chi connectivity index (χ0v) is 12.6. The van der Waals surface area contributed by atoms with E-state index in [0.29, 0.717) is 19.5 Å². The van der Waals surface area contributed by atoms with Crippen LogP contribution in [0.2, 0.25) is 0 Å². The molecule has 1 aliphatic rings. The molecule has 0 aliphatic carbocycles. The van der Waals surface area contributed by atoms with Crippen molar-refractivity contribution in [3.8, 4) is 0 Å². The smallest absolute Gasteiger partial charge is 0.292 e. The molecule has 1 aliphatic heterocycles. The Balaban J connectivity index is 2.03. The molecule has 3 amide bonds. The predicted molar refractivity (Wildman–Crippen MR) is 83.4 cm³/mol. The quantitative estimate of drug-likeness (QED) is 0.458. The van der Waals surface area contributed by atoms with Crippen LogP contribution in [0.5, 0.6) is 0 Å². The van der Waals surface area contributed by atoms with Crippen LogP contribution in [0, 0.1) is 0 Å². The Kier molecular flexibility index (Phi) is 5.38. The number of hydrogen-bond acceptors (Lipinski definition) is 3. The minimum Gasteiger partial charge on any atom is -0.292 e. The van der Waals surface area contributed by atoms with Gasteiger partial charge in [-0.05, 0) is 24.1 Å². The van der Waals surface area contributed by atoms with E-state index in [1.54, 1.807) is 4.90 Å². The van der Waals surface area contributed by atoms with Crippen molar-refractivity contribution >= 4 is 17.6 Å². The molecule has 0 bridgehead atoms. The van der Waals surface area contributed by atoms with Gasteiger partial charge in [-0.15, -0.1) is 0 Å². The number of urea groups is 1. The SMILES string of the molecule is CCC[C@H](CC(=O)N1CCN(c2ccccc2)C1=O)N=[N+]=[N-]. The second-order valence-corrected chi connectivity index (χ2v) is 5.17. The molecule has 1 saturated heterocycles. The van der Waals surface area contributed by atoms with Crippen molar-refractivity contribution in [2.75, 3.05) is 18.0 Å². The largest absolute Gasteiger partial charge is 0.331 e. The average Bonchev–Trinajstić information content (AvgIpc) is 2.90. The van der Waals surface area contributed by atoms with E-state index in [1.807, 2.05) is 37.3 Å². The summed E-state index contributed by atoms with van der Waals surface area (Å²) in [5.41, 5.74) is 9.32. The fourth-order valence-electron chi connectivity index (χ4n) is 2.53. The highest BCUT2D eigenvalue weighted by atomic mass is 16.2. The van der Waals surface area contributed by atoms with Gasteiger partial charge in [0.1, 0.15) is 0 Å². The summed E-state index contributed by atoms with van der Waals surface area (Å²) < 4.78 is 0. The Hall–Kier alpha value is -2.53. The molecule has 0 spiro atoms. The number of para-hydroxylation sites is 1. The molecule has 22 heavy (non-hydrogen) atoms. The number of anilines is 1. The maximum Gasteiger partial charge on any atom is 0.331 e. The molecule has 0 radical (unpaired) electrons. The molecule has 0 unspecified atom stereocenters. The number of rotatable bonds is 6. The first-order chi connectivity index (χ1) is 10.7. The van der Waals surface area contributed by atoms with E-state index in [1.165, 1.54) is 4.90 Å². The summed E-state index contributed by atoms with van der Waals surface area (Å²) >= 11 is 0. The number of nitrogens with zero attached hydrogens (tertiary/aromatic N) is 5. The van der Waals surface area contributed by atoms with Gasteiger partial charge in [-0.2, -0.15) is 0 Å². The minimum atomic E-state index is -0.388. The van der Waals surface area contributed by atoms with Gasteiger partial charge in [0.25, 0.3) is 0 Å². The van der Waals surface area contributed by atoms with E-state index in [-0.39, 0.29) is 24.4 Å². The summed E-state index contributed by atoms with van der Waals surface area (Å²) in [7, 11) is 0. The van der Waals surface area contributed by atoms with Crippen LogP contribution < -0.4 is 4.90 Å². The van der Waals surface area contributed by atoms with Crippen LogP contribution in [0.1, 0.15) is 26.2 Å². The summed E-state index contributed by atoms with van der Waals surface area (Å²) in [5.74, 6) is -0.283. The zero-order valence-electron chi connectivity index (χ0n) is 12.6. The Morgan fingerprint density at radius 1 is 1.36 bits per heavy atom. The van der Waals surface area contributed by atoms with Crippen LogP contribution in [0.3, 0.4) is 0 Å². The summed E-state index contributed by atoms with van der Waals surface area (Å²) in [5, 5.41) is 3.64. The van der Waals surface area contributed by atoms with E-state index < -0.39 is 0 Å². The molecule has 1 fully saturated rings. The highest BCUT2D eigenvalue weighted by molar-refractivity contribution is 6.04. The normalized spacial score (nSPS) is 15.6. The van der Waals surface area contributed by atoms with Crippen LogP contribution in [0.25, 0.3) is 10.4 Å². The number of imide groups is 1. The topological polar surface area (TPSA) is 89.4 Å². The first-order valence-corrected chi connectivity index (χ1v) is 7.38. The number of azide groups is 1. The molecule has 1 atom stereocenters. The van der Waals surface area contributed by atoms with Crippen molar-refractivity contribution in [2.24, 2.45) is 5.11 Å². The molecule has 0 N–H and O–H groups in total. The molecule has 0 saturated carbocycles. The molecule has 0 aromatic heterocycles. The number of amides is 3. The van der Waals surface area contributed by atoms with E-state index >= 15 is 0 Å². The fourth-order valence-corrected chi connectivity index (χ4v) is 2.53. The minimum absolute atomic E-state index is 0.0757. The molecular weight excluding hydrogens is 282 g/mol. The maximum absolute atomic E-state index is 12.4. The van der Waals surface area contributed by atoms with Crippen molar-refractivity contribution < 1.29 is 9.59 Å². The highest BCUT2D eigenvalue weighted by Crippen LogP contribution is 2.21. The molecule has 2 rings (SSSR count). The van der Waals surface area contributed by atoms with Crippen molar-refractivity contribution in [2.45, 2.75) is 32.2 Å². The van der Waals surface area contributed by atoms with E-state index in [2.05, 4.69) is 10.0 Å². The van der Waals surface area contributed by atoms with Gasteiger partial charge in [0.05, 0.1) is 0 Å². The molecule has 116 valence electrons. The fraction of sp³-hybridized carbons (Fsp3) is 0.467. The van der Waals surface area contributed by atoms with Crippen molar-refractivity contribution in [3.05, 3.63) is 40.8 Å². The maximum atomic E-state index is 12.4. The van der Waals surface area contributed by atoms with E-state index in [4.69, 9.17) is 5.53 Å². The molecule has 1 aromatic rings. The number of carbonyl (C=O) groups is 2. The van der Waals surface area contributed by atoms with Gasteiger partial charge in [-0.25, -0.2) is 4.79 Å². The van der Waals surface area contributed by atoms with Crippen molar-refractivity contribution in [1.82, 2.24) is 4.90 Å². The highest BCUT2D eigenvalue weighted by Gasteiger charge is 2.34. The van der Waals surface area contributed by atoms with E-state index in [9.17, 15) is 9.59 Å². The lowest BCUT2D eigenvalue weighted by atomic mass is 10.1. The zero-order chi connectivity index (χ0) is 15.9. The Bertz CT molecular complexity index is 583. The Labute approximate surface area is 129 Å². The lowest BCUT2D eigenvalue weighted by Gasteiger charge is -2.18. The monoisotopic (exact) mass is 301 g/mol. The van der Waals surface area contributed by atoms with Gasteiger partial charge in [-0.3, -0.25) is 14.6 Å². The Morgan fingerprint density at radius 3 is 2.73 bits per heavy atom. The van der Waals surface area contributed by atoms with Gasteiger partial charge in [-0.1, -0.05) is 36.7 Å². The van der Waals surface area contributed by atoms with Crippen LogP contribution in [-0.4, -0.2) is 36.0 Å². The van der Waals surface area contributed by atoms with Gasteiger partial charge in [0, 0.05) is 36.2 Å². The van der Waals surface area contributed by atoms with Crippen LogP contribution in [0.15, 0.2) is 35.4 Å². The summed E-state index contributed by atoms with van der Waals surface area (Å²) in [6.45, 7) is 2.80. The molecule has 7 heteroatoms. The summed E-state index contributed by atoms with van der Waals surface area (Å²) in [4.78, 5) is 30.3. The molecule has 7 nitrogen and oxygen atoms in total. The first-order valence-electron chi connectivity index (χ1n) is 7.38. The van der Waals surface area contributed by atoms with Crippen molar-refractivity contribution in [1.29, 1.82) is 0 Å². The third kappa shape index (κ3) is 3.56. The number of carbonyl (C=O) groups excluding carboxylic acids is 2. The van der Waals surface area contributed by atoms with E-state index in [0.717, 1.165) is 12.1 Å². The van der Waals surface area contributed by atoms with Gasteiger partial charge >= 0.3 is 6.03 Å². The first kappa shape index (κ1) is 15.9. The standard InChI is InChI=1S/C15H19N5O2/c1-2-6-12(17-18-16)11-14(21)20-10-9-19(15(20)22)13-7-4-3-5-8-13/h3-5,7-8,12H,2,6,9-11H2,1H3/t12-/m1/s1. The Morgan fingerprint density at radius 2 is 2.09 bits per heavy atom. The third-order valence-corrected chi connectivity index (χ3v) is 3.63. The number of benzene rings is 1. The second-order valence-electron chi connectivity index (χ2n) is 5.17. The second kappa shape index (κ2) is 7.47. The summed E-state index contributed by atoms with van der Waals surface area (Å²) in [6.07, 6.45) is 1.54. The van der Waals surface area contributed by atoms with Gasteiger partial charge in [0.15, 0.2) is 0 Å². The lowest BCUT2D eigenvalue weighted by Crippen LogP contribution is -2.37. The molecule has 1 heterocycles. The van der Waals surface area contributed by atoms with Crippen molar-refractivity contribution in [3.63, 3.8) is 0 Å². The average molecular weight is 301 g/mol. The van der Waals surface area contributed by atoms with Gasteiger partial charge < -0.3 is 0 Å². The molecule has 1 aromatic carbocycles. The third-order valence-electron chi connectivity index (χ3n) is 3.63. The lowest BCUT2D eigenvalue weighted by molar-refractivity contribution is -0.127.